The van der Waals surface area contributed by atoms with E-state index in [0.29, 0.717) is 30.4 Å². The van der Waals surface area contributed by atoms with Gasteiger partial charge in [0.05, 0.1) is 0 Å². The Balaban J connectivity index is 1.47. The van der Waals surface area contributed by atoms with Gasteiger partial charge in [-0.1, -0.05) is 30.9 Å². The Bertz CT molecular complexity index is 614. The second kappa shape index (κ2) is 9.26. The lowest BCUT2D eigenvalue weighted by Gasteiger charge is -2.28. The zero-order valence-corrected chi connectivity index (χ0v) is 15.9. The van der Waals surface area contributed by atoms with Gasteiger partial charge in [-0.2, -0.15) is 0 Å². The van der Waals surface area contributed by atoms with Gasteiger partial charge >= 0.3 is 0 Å². The highest BCUT2D eigenvalue weighted by Gasteiger charge is 2.28. The van der Waals surface area contributed by atoms with Crippen molar-refractivity contribution >= 4 is 23.4 Å². The summed E-state index contributed by atoms with van der Waals surface area (Å²) in [5.41, 5.74) is 0. The number of carbonyl (C=O) groups excluding carboxylic acids is 2. The summed E-state index contributed by atoms with van der Waals surface area (Å²) in [5.74, 6) is 1.08. The van der Waals surface area contributed by atoms with Gasteiger partial charge in [0.2, 0.25) is 5.91 Å². The number of hydrogen-bond donors (Lipinski definition) is 0. The van der Waals surface area contributed by atoms with Crippen molar-refractivity contribution in [2.45, 2.75) is 38.5 Å². The average molecular weight is 379 g/mol. The van der Waals surface area contributed by atoms with E-state index in [9.17, 15) is 9.59 Å². The molecule has 2 amide bonds. The summed E-state index contributed by atoms with van der Waals surface area (Å²) in [4.78, 5) is 28.9. The second-order valence-corrected chi connectivity index (χ2v) is 7.57. The largest absolute Gasteiger partial charge is 0.484 e. The second-order valence-electron chi connectivity index (χ2n) is 7.14. The van der Waals surface area contributed by atoms with Crippen molar-refractivity contribution in [2.75, 3.05) is 32.8 Å². The molecule has 5 nitrogen and oxygen atoms in total. The maximum atomic E-state index is 12.7. The van der Waals surface area contributed by atoms with E-state index in [4.69, 9.17) is 16.3 Å². The van der Waals surface area contributed by atoms with E-state index >= 15 is 0 Å². The van der Waals surface area contributed by atoms with Crippen molar-refractivity contribution in [1.29, 1.82) is 0 Å². The van der Waals surface area contributed by atoms with Crippen molar-refractivity contribution in [2.24, 2.45) is 5.92 Å². The minimum Gasteiger partial charge on any atom is -0.484 e. The molecule has 1 aliphatic heterocycles. The van der Waals surface area contributed by atoms with Crippen LogP contribution in [0.2, 0.25) is 5.02 Å². The van der Waals surface area contributed by atoms with Crippen molar-refractivity contribution in [3.63, 3.8) is 0 Å². The lowest BCUT2D eigenvalue weighted by Crippen LogP contribution is -2.41. The molecular weight excluding hydrogens is 352 g/mol. The molecule has 1 heterocycles. The van der Waals surface area contributed by atoms with Gasteiger partial charge in [-0.05, 0) is 43.5 Å². The molecule has 26 heavy (non-hydrogen) atoms. The molecule has 0 unspecified atom stereocenters. The van der Waals surface area contributed by atoms with E-state index in [0.717, 1.165) is 38.6 Å². The summed E-state index contributed by atoms with van der Waals surface area (Å²) in [5, 5.41) is 0.638. The van der Waals surface area contributed by atoms with E-state index in [1.807, 2.05) is 9.80 Å². The van der Waals surface area contributed by atoms with E-state index in [1.165, 1.54) is 6.42 Å². The predicted molar refractivity (Wildman–Crippen MR) is 101 cm³/mol. The van der Waals surface area contributed by atoms with Crippen LogP contribution in [-0.4, -0.2) is 54.4 Å². The Kier molecular flexibility index (Phi) is 6.78. The standard InChI is InChI=1S/C20H27ClN2O3/c21-17-7-9-18(10-8-17)26-15-19(24)22-11-4-12-23(14-13-22)20(25)16-5-2-1-3-6-16/h7-10,16H,1-6,11-15H2. The van der Waals surface area contributed by atoms with Crippen LogP contribution < -0.4 is 4.74 Å². The van der Waals surface area contributed by atoms with E-state index < -0.39 is 0 Å². The molecule has 1 saturated carbocycles. The third kappa shape index (κ3) is 5.13. The number of benzene rings is 1. The molecule has 1 saturated heterocycles. The first-order chi connectivity index (χ1) is 12.6. The number of halogens is 1. The summed E-state index contributed by atoms with van der Waals surface area (Å²) in [6.07, 6.45) is 6.44. The van der Waals surface area contributed by atoms with Crippen LogP contribution in [0.15, 0.2) is 24.3 Å². The van der Waals surface area contributed by atoms with Crippen molar-refractivity contribution in [1.82, 2.24) is 9.80 Å². The van der Waals surface area contributed by atoms with Crippen molar-refractivity contribution in [3.8, 4) is 5.75 Å². The first-order valence-corrected chi connectivity index (χ1v) is 9.96. The van der Waals surface area contributed by atoms with Crippen LogP contribution in [0.1, 0.15) is 38.5 Å². The van der Waals surface area contributed by atoms with Gasteiger partial charge in [-0.3, -0.25) is 9.59 Å². The molecule has 0 bridgehead atoms. The molecule has 1 aromatic carbocycles. The van der Waals surface area contributed by atoms with Crippen LogP contribution in [-0.2, 0) is 9.59 Å². The molecule has 0 aromatic heterocycles. The highest BCUT2D eigenvalue weighted by Crippen LogP contribution is 2.26. The maximum absolute atomic E-state index is 12.7. The molecule has 6 heteroatoms. The molecule has 0 atom stereocenters. The number of rotatable bonds is 4. The lowest BCUT2D eigenvalue weighted by molar-refractivity contribution is -0.137. The Morgan fingerprint density at radius 1 is 0.923 bits per heavy atom. The van der Waals surface area contributed by atoms with Gasteiger partial charge in [0, 0.05) is 37.1 Å². The van der Waals surface area contributed by atoms with Crippen LogP contribution in [0.4, 0.5) is 0 Å². The fraction of sp³-hybridized carbons (Fsp3) is 0.600. The quantitative estimate of drug-likeness (QED) is 0.807. The van der Waals surface area contributed by atoms with Gasteiger partial charge in [0.25, 0.3) is 5.91 Å². The van der Waals surface area contributed by atoms with Crippen LogP contribution in [0, 0.1) is 5.92 Å². The summed E-state index contributed by atoms with van der Waals surface area (Å²) in [6, 6.07) is 6.98. The first kappa shape index (κ1) is 19.0. The molecule has 2 fully saturated rings. The Morgan fingerprint density at radius 3 is 2.31 bits per heavy atom. The minimum absolute atomic E-state index is 0.0121. The van der Waals surface area contributed by atoms with Crippen molar-refractivity contribution < 1.29 is 14.3 Å². The van der Waals surface area contributed by atoms with Crippen LogP contribution >= 0.6 is 11.6 Å². The van der Waals surface area contributed by atoms with Gasteiger partial charge in [0.15, 0.2) is 6.61 Å². The predicted octanol–water partition coefficient (Wildman–Crippen LogP) is 3.36. The summed E-state index contributed by atoms with van der Waals surface area (Å²) in [7, 11) is 0. The summed E-state index contributed by atoms with van der Waals surface area (Å²) in [6.45, 7) is 2.65. The summed E-state index contributed by atoms with van der Waals surface area (Å²) < 4.78 is 5.56. The highest BCUT2D eigenvalue weighted by molar-refractivity contribution is 6.30. The molecule has 0 radical (unpaired) electrons. The monoisotopic (exact) mass is 378 g/mol. The Morgan fingerprint density at radius 2 is 1.58 bits per heavy atom. The van der Waals surface area contributed by atoms with E-state index in [1.54, 1.807) is 24.3 Å². The third-order valence-corrected chi connectivity index (χ3v) is 5.54. The Hall–Kier alpha value is -1.75. The number of nitrogens with zero attached hydrogens (tertiary/aromatic N) is 2. The molecule has 3 rings (SSSR count). The van der Waals surface area contributed by atoms with Crippen LogP contribution in [0.25, 0.3) is 0 Å². The minimum atomic E-state index is -0.0353. The fourth-order valence-electron chi connectivity index (χ4n) is 3.76. The lowest BCUT2D eigenvalue weighted by atomic mass is 9.88. The number of ether oxygens (including phenoxy) is 1. The first-order valence-electron chi connectivity index (χ1n) is 9.58. The zero-order chi connectivity index (χ0) is 18.4. The van der Waals surface area contributed by atoms with E-state index in [2.05, 4.69) is 0 Å². The molecule has 0 N–H and O–H groups in total. The molecule has 0 spiro atoms. The van der Waals surface area contributed by atoms with Gasteiger partial charge in [-0.15, -0.1) is 0 Å². The van der Waals surface area contributed by atoms with Crippen LogP contribution in [0.5, 0.6) is 5.75 Å². The third-order valence-electron chi connectivity index (χ3n) is 5.29. The number of carbonyl (C=O) groups is 2. The van der Waals surface area contributed by atoms with Crippen LogP contribution in [0.3, 0.4) is 0 Å². The molecular formula is C20H27ClN2O3. The topological polar surface area (TPSA) is 49.9 Å². The normalized spacial score (nSPS) is 19.1. The number of hydrogen-bond acceptors (Lipinski definition) is 3. The summed E-state index contributed by atoms with van der Waals surface area (Å²) >= 11 is 5.85. The Labute approximate surface area is 160 Å². The fourth-order valence-corrected chi connectivity index (χ4v) is 3.89. The zero-order valence-electron chi connectivity index (χ0n) is 15.2. The highest BCUT2D eigenvalue weighted by atomic mass is 35.5. The molecule has 142 valence electrons. The molecule has 1 aromatic rings. The number of amides is 2. The van der Waals surface area contributed by atoms with Crippen molar-refractivity contribution in [3.05, 3.63) is 29.3 Å². The average Bonchev–Trinajstić information content (AvgIpc) is 2.94. The maximum Gasteiger partial charge on any atom is 0.260 e. The SMILES string of the molecule is O=C(COc1ccc(Cl)cc1)N1CCCN(C(=O)C2CCCCC2)CC1. The van der Waals surface area contributed by atoms with E-state index in [-0.39, 0.29) is 24.3 Å². The van der Waals surface area contributed by atoms with Gasteiger partial charge in [0.1, 0.15) is 5.75 Å². The smallest absolute Gasteiger partial charge is 0.260 e. The molecule has 1 aliphatic carbocycles. The van der Waals surface area contributed by atoms with Gasteiger partial charge in [-0.25, -0.2) is 0 Å². The van der Waals surface area contributed by atoms with Gasteiger partial charge < -0.3 is 14.5 Å². The molecule has 2 aliphatic rings.